The Morgan fingerprint density at radius 2 is 1.69 bits per heavy atom. The van der Waals surface area contributed by atoms with Crippen LogP contribution in [0.3, 0.4) is 0 Å². The van der Waals surface area contributed by atoms with E-state index in [1.165, 1.54) is 24.0 Å². The molecule has 1 atom stereocenters. The standard InChI is InChI=1S/C24H30N6O3S.C7H8O3S/c1-34(31,32)30-11-6-18(7-12-30)17-2-4-19(5-3-17)21-14-22-23(27-9-8-26-22)24(29-21)28-16-20-15-25-10-13-33-20;1-6-2-4-7(5-3-6)11(8,9)10/h2-5,8-9,14,18,20,25H,6-7,10-13,15-16H2,1H3,(H,28,29);2-5H,1H3,(H,8,9,10)/t20-;/m0./s1. The van der Waals surface area contributed by atoms with Gasteiger partial charge in [-0.15, -0.1) is 0 Å². The monoisotopic (exact) mass is 654 g/mol. The first-order valence-corrected chi connectivity index (χ1v) is 18.0. The summed E-state index contributed by atoms with van der Waals surface area (Å²) < 4.78 is 60.5. The molecule has 2 aliphatic rings. The quantitative estimate of drug-likeness (QED) is 0.250. The van der Waals surface area contributed by atoms with E-state index in [0.717, 1.165) is 53.8 Å². The maximum Gasteiger partial charge on any atom is 0.294 e. The van der Waals surface area contributed by atoms with Gasteiger partial charge in [0.1, 0.15) is 5.52 Å². The maximum atomic E-state index is 11.8. The number of nitrogens with zero attached hydrogens (tertiary/aromatic N) is 4. The molecule has 0 bridgehead atoms. The third-order valence-corrected chi connectivity index (χ3v) is 10.0. The van der Waals surface area contributed by atoms with Gasteiger partial charge in [-0.1, -0.05) is 42.0 Å². The van der Waals surface area contributed by atoms with Crippen LogP contribution in [-0.4, -0.2) is 92.3 Å². The van der Waals surface area contributed by atoms with Crippen LogP contribution in [0.15, 0.2) is 71.9 Å². The lowest BCUT2D eigenvalue weighted by molar-refractivity contribution is 0.0372. The highest BCUT2D eigenvalue weighted by molar-refractivity contribution is 7.88. The molecular weight excluding hydrogens is 617 g/mol. The topological polar surface area (TPSA) is 164 Å². The highest BCUT2D eigenvalue weighted by atomic mass is 32.2. The molecule has 0 aliphatic carbocycles. The number of hydrogen-bond donors (Lipinski definition) is 3. The van der Waals surface area contributed by atoms with E-state index in [4.69, 9.17) is 14.3 Å². The number of pyridine rings is 1. The molecule has 2 aliphatic heterocycles. The molecular formula is C31H38N6O6S2. The predicted octanol–water partition coefficient (Wildman–Crippen LogP) is 3.47. The van der Waals surface area contributed by atoms with Gasteiger partial charge in [-0.25, -0.2) is 22.7 Å². The highest BCUT2D eigenvalue weighted by Crippen LogP contribution is 2.31. The third-order valence-electron chi connectivity index (χ3n) is 7.88. The number of anilines is 1. The van der Waals surface area contributed by atoms with E-state index in [9.17, 15) is 16.8 Å². The number of piperidine rings is 1. The van der Waals surface area contributed by atoms with Crippen LogP contribution in [0.25, 0.3) is 22.3 Å². The van der Waals surface area contributed by atoms with E-state index in [2.05, 4.69) is 44.9 Å². The van der Waals surface area contributed by atoms with Crippen LogP contribution in [0.5, 0.6) is 0 Å². The summed E-state index contributed by atoms with van der Waals surface area (Å²) >= 11 is 0. The summed E-state index contributed by atoms with van der Waals surface area (Å²) in [5, 5.41) is 6.76. The molecule has 240 valence electrons. The van der Waals surface area contributed by atoms with Gasteiger partial charge in [-0.2, -0.15) is 8.42 Å². The second kappa shape index (κ2) is 14.3. The van der Waals surface area contributed by atoms with Crippen LogP contribution < -0.4 is 10.6 Å². The largest absolute Gasteiger partial charge is 0.374 e. The third kappa shape index (κ3) is 8.81. The number of aryl methyl sites for hydroxylation is 1. The fraction of sp³-hybridized carbons (Fsp3) is 0.387. The minimum absolute atomic E-state index is 0.0666. The molecule has 0 spiro atoms. The molecule has 2 aromatic carbocycles. The second-order valence-electron chi connectivity index (χ2n) is 11.2. The van der Waals surface area contributed by atoms with Crippen molar-refractivity contribution >= 4 is 37.0 Å². The van der Waals surface area contributed by atoms with Crippen molar-refractivity contribution in [1.29, 1.82) is 0 Å². The highest BCUT2D eigenvalue weighted by Gasteiger charge is 2.26. The van der Waals surface area contributed by atoms with Crippen LogP contribution in [0.1, 0.15) is 29.9 Å². The van der Waals surface area contributed by atoms with Crippen molar-refractivity contribution in [3.63, 3.8) is 0 Å². The number of morpholine rings is 1. The first-order chi connectivity index (χ1) is 21.5. The Labute approximate surface area is 264 Å². The normalized spacial score (nSPS) is 18.2. The smallest absolute Gasteiger partial charge is 0.294 e. The molecule has 2 saturated heterocycles. The van der Waals surface area contributed by atoms with E-state index >= 15 is 0 Å². The summed E-state index contributed by atoms with van der Waals surface area (Å²) in [4.78, 5) is 13.8. The van der Waals surface area contributed by atoms with Gasteiger partial charge in [0.25, 0.3) is 10.1 Å². The van der Waals surface area contributed by atoms with E-state index in [1.54, 1.807) is 28.8 Å². The zero-order chi connectivity index (χ0) is 32.0. The number of ether oxygens (including phenoxy) is 1. The molecule has 2 fully saturated rings. The number of benzene rings is 2. The summed E-state index contributed by atoms with van der Waals surface area (Å²) in [6, 6.07) is 16.4. The molecule has 0 unspecified atom stereocenters. The van der Waals surface area contributed by atoms with Crippen molar-refractivity contribution < 1.29 is 26.1 Å². The zero-order valence-corrected chi connectivity index (χ0v) is 26.9. The van der Waals surface area contributed by atoms with Gasteiger partial charge < -0.3 is 15.4 Å². The van der Waals surface area contributed by atoms with Crippen LogP contribution in [0.4, 0.5) is 5.82 Å². The molecule has 45 heavy (non-hydrogen) atoms. The Morgan fingerprint density at radius 3 is 2.31 bits per heavy atom. The van der Waals surface area contributed by atoms with Crippen LogP contribution in [0.2, 0.25) is 0 Å². The van der Waals surface area contributed by atoms with Crippen LogP contribution in [0, 0.1) is 6.92 Å². The van der Waals surface area contributed by atoms with Crippen LogP contribution in [-0.2, 0) is 24.9 Å². The number of fused-ring (bicyclic) bond motifs is 1. The molecule has 3 N–H and O–H groups in total. The van der Waals surface area contributed by atoms with E-state index < -0.39 is 20.1 Å². The summed E-state index contributed by atoms with van der Waals surface area (Å²) in [6.45, 7) is 6.02. The molecule has 0 amide bonds. The minimum Gasteiger partial charge on any atom is -0.374 e. The van der Waals surface area contributed by atoms with Crippen molar-refractivity contribution in [2.24, 2.45) is 0 Å². The summed E-state index contributed by atoms with van der Waals surface area (Å²) in [7, 11) is -7.13. The number of aromatic nitrogens is 3. The Morgan fingerprint density at radius 1 is 1.00 bits per heavy atom. The molecule has 0 radical (unpaired) electrons. The molecule has 0 saturated carbocycles. The Balaban J connectivity index is 0.000000309. The number of sulfonamides is 1. The summed E-state index contributed by atoms with van der Waals surface area (Å²) in [6.07, 6.45) is 6.41. The lowest BCUT2D eigenvalue weighted by Gasteiger charge is -2.30. The lowest BCUT2D eigenvalue weighted by Crippen LogP contribution is -2.42. The summed E-state index contributed by atoms with van der Waals surface area (Å²) in [5.41, 5.74) is 5.55. The Hall–Kier alpha value is -3.53. The fourth-order valence-electron chi connectivity index (χ4n) is 5.36. The lowest BCUT2D eigenvalue weighted by atomic mass is 9.89. The van der Waals surface area contributed by atoms with Crippen molar-refractivity contribution in [2.75, 3.05) is 50.9 Å². The minimum atomic E-state index is -4.02. The van der Waals surface area contributed by atoms with Crippen molar-refractivity contribution in [2.45, 2.75) is 36.7 Å². The fourth-order valence-corrected chi connectivity index (χ4v) is 6.72. The average Bonchev–Trinajstić information content (AvgIpc) is 3.04. The summed E-state index contributed by atoms with van der Waals surface area (Å²) in [5.74, 6) is 1.07. The van der Waals surface area contributed by atoms with Gasteiger partial charge in [0.05, 0.1) is 35.1 Å². The number of rotatable bonds is 7. The van der Waals surface area contributed by atoms with E-state index in [0.29, 0.717) is 38.0 Å². The van der Waals surface area contributed by atoms with Crippen LogP contribution >= 0.6 is 0 Å². The van der Waals surface area contributed by atoms with Gasteiger partial charge in [-0.3, -0.25) is 9.54 Å². The molecule has 6 rings (SSSR count). The molecule has 4 aromatic rings. The predicted molar refractivity (Wildman–Crippen MR) is 173 cm³/mol. The Bertz CT molecular complexity index is 1810. The first-order valence-electron chi connectivity index (χ1n) is 14.7. The first kappa shape index (κ1) is 32.9. The zero-order valence-electron chi connectivity index (χ0n) is 25.3. The van der Waals surface area contributed by atoms with Crippen molar-refractivity contribution in [3.05, 3.63) is 78.1 Å². The van der Waals surface area contributed by atoms with Gasteiger partial charge in [0.2, 0.25) is 10.0 Å². The maximum absolute atomic E-state index is 11.8. The molecule has 4 heterocycles. The molecule has 2 aromatic heterocycles. The number of nitrogens with one attached hydrogen (secondary N) is 2. The van der Waals surface area contributed by atoms with Gasteiger partial charge >= 0.3 is 0 Å². The SMILES string of the molecule is CS(=O)(=O)N1CCC(c2ccc(-c3cc4nccnc4c(NC[C@@H]4CNCCO4)n3)cc2)CC1.Cc1ccc(S(=O)(=O)O)cc1. The average molecular weight is 655 g/mol. The van der Waals surface area contributed by atoms with Crippen molar-refractivity contribution in [1.82, 2.24) is 24.6 Å². The van der Waals surface area contributed by atoms with E-state index in [-0.39, 0.29) is 11.0 Å². The van der Waals surface area contributed by atoms with Crippen molar-refractivity contribution in [3.8, 4) is 11.3 Å². The van der Waals surface area contributed by atoms with Gasteiger partial charge in [-0.05, 0) is 49.4 Å². The molecule has 14 heteroatoms. The molecule has 12 nitrogen and oxygen atoms in total. The Kier molecular flexibility index (Phi) is 10.4. The van der Waals surface area contributed by atoms with Gasteiger partial charge in [0, 0.05) is 50.7 Å². The number of hydrogen-bond acceptors (Lipinski definition) is 10. The van der Waals surface area contributed by atoms with E-state index in [1.807, 2.05) is 13.0 Å². The second-order valence-corrected chi connectivity index (χ2v) is 14.6. The van der Waals surface area contributed by atoms with Gasteiger partial charge in [0.15, 0.2) is 5.82 Å².